The fourth-order valence-corrected chi connectivity index (χ4v) is 9.37. The normalized spacial score (nSPS) is 29.8. The number of unbranched alkanes of at least 4 members (excludes halogenated alkanes) is 18. The van der Waals surface area contributed by atoms with Gasteiger partial charge in [-0.1, -0.05) is 135 Å². The standard InChI is InChI=1S/C42H76F5NO8/c1-2-3-4-5-6-7-8-9-10-13-16-19-22-31(50)34(51)30(26-55-38-37(54)36(53)35(52)32(25-49)56-38)48-33(42(45,46)47)23-20-17-14-11-12-15-18-21-24-40-27-41(28-40,29-40)39(43)44/h30-39,48-54H,2-29H2,1H3/t30-,31+,32?,33-,34-,35?,36?,37?,38?,40?,41?/m0/s1. The highest BCUT2D eigenvalue weighted by Crippen LogP contribution is 2.77. The zero-order valence-electron chi connectivity index (χ0n) is 34.0. The smallest absolute Gasteiger partial charge is 0.394 e. The predicted molar refractivity (Wildman–Crippen MR) is 205 cm³/mol. The number of halogens is 5. The highest BCUT2D eigenvalue weighted by molar-refractivity contribution is 5.17. The molecule has 9 nitrogen and oxygen atoms in total. The monoisotopic (exact) mass is 818 g/mol. The van der Waals surface area contributed by atoms with E-state index in [4.69, 9.17) is 9.47 Å². The first-order chi connectivity index (χ1) is 26.7. The first-order valence-corrected chi connectivity index (χ1v) is 22.1. The molecule has 14 heteroatoms. The van der Waals surface area contributed by atoms with Gasteiger partial charge in [0.15, 0.2) is 6.29 Å². The van der Waals surface area contributed by atoms with Crippen LogP contribution in [0.1, 0.15) is 174 Å². The van der Waals surface area contributed by atoms with Crippen LogP contribution in [0.5, 0.6) is 0 Å². The molecule has 1 aliphatic heterocycles. The molecule has 3 saturated carbocycles. The van der Waals surface area contributed by atoms with Gasteiger partial charge < -0.3 is 40.1 Å². The van der Waals surface area contributed by atoms with Gasteiger partial charge in [0.1, 0.15) is 30.5 Å². The summed E-state index contributed by atoms with van der Waals surface area (Å²) in [5, 5.41) is 64.7. The summed E-state index contributed by atoms with van der Waals surface area (Å²) in [7, 11) is 0. The maximum Gasteiger partial charge on any atom is 0.403 e. The molecule has 4 fully saturated rings. The molecule has 4 rings (SSSR count). The molecule has 7 N–H and O–H groups in total. The first-order valence-electron chi connectivity index (χ1n) is 22.1. The number of hydrogen-bond acceptors (Lipinski definition) is 9. The van der Waals surface area contributed by atoms with Crippen molar-refractivity contribution in [3.8, 4) is 0 Å². The Hall–Kier alpha value is -0.710. The van der Waals surface area contributed by atoms with Crippen LogP contribution in [0.15, 0.2) is 0 Å². The second-order valence-corrected chi connectivity index (χ2v) is 17.7. The second-order valence-electron chi connectivity index (χ2n) is 17.7. The molecule has 1 saturated heterocycles. The summed E-state index contributed by atoms with van der Waals surface area (Å²) in [6.45, 7) is 0.865. The van der Waals surface area contributed by atoms with E-state index in [1.165, 1.54) is 44.9 Å². The van der Waals surface area contributed by atoms with Crippen LogP contribution in [0.3, 0.4) is 0 Å². The number of ether oxygens (including phenoxy) is 2. The Morgan fingerprint density at radius 3 is 1.66 bits per heavy atom. The van der Waals surface area contributed by atoms with Crippen LogP contribution < -0.4 is 5.32 Å². The average molecular weight is 818 g/mol. The molecule has 9 atom stereocenters. The third-order valence-electron chi connectivity index (χ3n) is 12.9. The lowest BCUT2D eigenvalue weighted by molar-refractivity contribution is -0.303. The molecule has 2 bridgehead atoms. The molecule has 0 aromatic carbocycles. The molecule has 4 aliphatic rings. The van der Waals surface area contributed by atoms with E-state index in [0.29, 0.717) is 32.1 Å². The van der Waals surface area contributed by atoms with E-state index < -0.39 is 86.2 Å². The van der Waals surface area contributed by atoms with Crippen molar-refractivity contribution in [2.24, 2.45) is 10.8 Å². The Kier molecular flexibility index (Phi) is 22.3. The minimum absolute atomic E-state index is 0.158. The maximum atomic E-state index is 14.3. The van der Waals surface area contributed by atoms with Gasteiger partial charge in [-0.3, -0.25) is 5.32 Å². The summed E-state index contributed by atoms with van der Waals surface area (Å²) < 4.78 is 80.1. The fourth-order valence-electron chi connectivity index (χ4n) is 9.37. The zero-order valence-corrected chi connectivity index (χ0v) is 34.0. The minimum Gasteiger partial charge on any atom is -0.394 e. The lowest BCUT2D eigenvalue weighted by Gasteiger charge is -2.70. The first kappa shape index (κ1) is 49.7. The van der Waals surface area contributed by atoms with Crippen molar-refractivity contribution in [1.29, 1.82) is 0 Å². The van der Waals surface area contributed by atoms with Gasteiger partial charge in [-0.25, -0.2) is 8.78 Å². The van der Waals surface area contributed by atoms with Crippen molar-refractivity contribution in [3.63, 3.8) is 0 Å². The Morgan fingerprint density at radius 1 is 0.696 bits per heavy atom. The van der Waals surface area contributed by atoms with Crippen LogP contribution in [0, 0.1) is 10.8 Å². The number of hydrogen-bond donors (Lipinski definition) is 7. The molecular weight excluding hydrogens is 741 g/mol. The fraction of sp³-hybridized carbons (Fsp3) is 1.00. The van der Waals surface area contributed by atoms with E-state index in [1.807, 2.05) is 0 Å². The van der Waals surface area contributed by atoms with Gasteiger partial charge in [0.05, 0.1) is 31.5 Å². The van der Waals surface area contributed by atoms with Gasteiger partial charge in [0.25, 0.3) is 0 Å². The lowest BCUT2D eigenvalue weighted by Crippen LogP contribution is -2.64. The highest BCUT2D eigenvalue weighted by Gasteiger charge is 2.70. The Bertz CT molecular complexity index is 1020. The van der Waals surface area contributed by atoms with E-state index in [2.05, 4.69) is 12.2 Å². The number of aliphatic hydroxyl groups is 6. The quantitative estimate of drug-likeness (QED) is 0.0260. The van der Waals surface area contributed by atoms with Crippen LogP contribution in [-0.2, 0) is 9.47 Å². The predicted octanol–water partition coefficient (Wildman–Crippen LogP) is 7.84. The zero-order chi connectivity index (χ0) is 41.2. The summed E-state index contributed by atoms with van der Waals surface area (Å²) >= 11 is 0. The van der Waals surface area contributed by atoms with Crippen LogP contribution in [0.2, 0.25) is 0 Å². The molecule has 5 unspecified atom stereocenters. The Labute approximate surface area is 332 Å². The number of rotatable bonds is 33. The van der Waals surface area contributed by atoms with Crippen molar-refractivity contribution in [1.82, 2.24) is 5.32 Å². The number of alkyl halides is 5. The van der Waals surface area contributed by atoms with E-state index in [1.54, 1.807) is 0 Å². The van der Waals surface area contributed by atoms with Crippen molar-refractivity contribution in [2.45, 2.75) is 241 Å². The molecule has 3 aliphatic carbocycles. The van der Waals surface area contributed by atoms with Crippen molar-refractivity contribution < 1.29 is 62.1 Å². The topological polar surface area (TPSA) is 152 Å². The van der Waals surface area contributed by atoms with E-state index in [-0.39, 0.29) is 24.7 Å². The lowest BCUT2D eigenvalue weighted by atomic mass is 9.34. The van der Waals surface area contributed by atoms with Gasteiger partial charge in [-0.15, -0.1) is 0 Å². The molecule has 0 spiro atoms. The molecule has 0 aromatic heterocycles. The highest BCUT2D eigenvalue weighted by atomic mass is 19.4. The second kappa shape index (κ2) is 25.2. The van der Waals surface area contributed by atoms with Gasteiger partial charge in [-0.05, 0) is 43.9 Å². The largest absolute Gasteiger partial charge is 0.403 e. The molecule has 332 valence electrons. The summed E-state index contributed by atoms with van der Waals surface area (Å²) in [6.07, 6.45) is 4.86. The van der Waals surface area contributed by atoms with Gasteiger partial charge in [0, 0.05) is 5.41 Å². The van der Waals surface area contributed by atoms with Gasteiger partial charge >= 0.3 is 6.18 Å². The van der Waals surface area contributed by atoms with Gasteiger partial charge in [0.2, 0.25) is 6.43 Å². The molecule has 0 radical (unpaired) electrons. The molecular formula is C42H76F5NO8. The van der Waals surface area contributed by atoms with E-state index in [9.17, 15) is 52.6 Å². The Morgan fingerprint density at radius 2 is 1.18 bits per heavy atom. The van der Waals surface area contributed by atoms with Crippen LogP contribution >= 0.6 is 0 Å². The third kappa shape index (κ3) is 15.7. The van der Waals surface area contributed by atoms with E-state index in [0.717, 1.165) is 70.6 Å². The van der Waals surface area contributed by atoms with Crippen LogP contribution in [0.4, 0.5) is 22.0 Å². The molecule has 0 amide bonds. The van der Waals surface area contributed by atoms with Crippen molar-refractivity contribution in [2.75, 3.05) is 13.2 Å². The minimum atomic E-state index is -4.67. The van der Waals surface area contributed by atoms with Crippen molar-refractivity contribution in [3.05, 3.63) is 0 Å². The number of nitrogens with one attached hydrogen (secondary N) is 1. The maximum absolute atomic E-state index is 14.3. The van der Waals surface area contributed by atoms with E-state index >= 15 is 0 Å². The molecule has 0 aromatic rings. The summed E-state index contributed by atoms with van der Waals surface area (Å²) in [6, 6.07) is -3.44. The van der Waals surface area contributed by atoms with Gasteiger partial charge in [-0.2, -0.15) is 13.2 Å². The average Bonchev–Trinajstić information content (AvgIpc) is 3.12. The third-order valence-corrected chi connectivity index (χ3v) is 12.9. The SMILES string of the molecule is CCCCCCCCCCCCCC[C@@H](O)[C@@H](O)[C@H](COC1OC(CO)C(O)C(O)C1O)N[C@@H](CCCCCCCCCCC12CC(C(F)F)(C1)C2)C(F)(F)F. The summed E-state index contributed by atoms with van der Waals surface area (Å²) in [5.74, 6) is 0. The van der Waals surface area contributed by atoms with Crippen LogP contribution in [0.25, 0.3) is 0 Å². The summed E-state index contributed by atoms with van der Waals surface area (Å²) in [5.41, 5.74) is -0.527. The molecule has 56 heavy (non-hydrogen) atoms. The Balaban J connectivity index is 1.41. The summed E-state index contributed by atoms with van der Waals surface area (Å²) in [4.78, 5) is 0. The number of aliphatic hydroxyl groups excluding tert-OH is 6. The van der Waals surface area contributed by atoms with Crippen molar-refractivity contribution >= 4 is 0 Å². The molecule has 1 heterocycles. The van der Waals surface area contributed by atoms with Crippen LogP contribution in [-0.4, -0.2) is 111 Å².